The average Bonchev–Trinajstić information content (AvgIpc) is 2.29. The summed E-state index contributed by atoms with van der Waals surface area (Å²) in [4.78, 5) is 13.8. The number of nitrogens with one attached hydrogen (secondary N) is 1. The van der Waals surface area contributed by atoms with Gasteiger partial charge >= 0.3 is 0 Å². The predicted molar refractivity (Wildman–Crippen MR) is 57.8 cm³/mol. The lowest BCUT2D eigenvalue weighted by Crippen LogP contribution is -2.37. The summed E-state index contributed by atoms with van der Waals surface area (Å²) in [6, 6.07) is 0.0253. The number of hydrogen-bond donors (Lipinski definition) is 1. The zero-order valence-corrected chi connectivity index (χ0v) is 9.92. The normalized spacial score (nSPS) is 23.7. The van der Waals surface area contributed by atoms with E-state index in [2.05, 4.69) is 39.9 Å². The summed E-state index contributed by atoms with van der Waals surface area (Å²) >= 11 is 0. The molecule has 82 valence electrons. The maximum atomic E-state index is 11.9. The molecule has 0 bridgehead atoms. The highest BCUT2D eigenvalue weighted by Crippen LogP contribution is 2.19. The molecule has 14 heavy (non-hydrogen) atoms. The van der Waals surface area contributed by atoms with Crippen molar-refractivity contribution in [1.29, 1.82) is 0 Å². The Labute approximate surface area is 86.9 Å². The third kappa shape index (κ3) is 2.71. The molecular formula is C11H22N2O. The Bertz CT molecular complexity index is 218. The Balaban J connectivity index is 2.56. The second-order valence-electron chi connectivity index (χ2n) is 5.68. The van der Waals surface area contributed by atoms with Gasteiger partial charge in [-0.3, -0.25) is 10.1 Å². The minimum atomic E-state index is 0.0253. The quantitative estimate of drug-likeness (QED) is 0.728. The number of carbonyl (C=O) groups is 1. The van der Waals surface area contributed by atoms with Crippen LogP contribution in [0.1, 0.15) is 34.6 Å². The van der Waals surface area contributed by atoms with Crippen LogP contribution in [0, 0.1) is 11.3 Å². The monoisotopic (exact) mass is 198 g/mol. The van der Waals surface area contributed by atoms with Crippen molar-refractivity contribution in [1.82, 2.24) is 10.2 Å². The molecule has 1 fully saturated rings. The van der Waals surface area contributed by atoms with E-state index in [4.69, 9.17) is 0 Å². The minimum Gasteiger partial charge on any atom is -0.328 e. The Morgan fingerprint density at radius 2 is 2.07 bits per heavy atom. The van der Waals surface area contributed by atoms with Gasteiger partial charge < -0.3 is 4.90 Å². The SMILES string of the molecule is CC(C)C1NCN(CC(C)(C)C)C1=O. The van der Waals surface area contributed by atoms with E-state index in [1.165, 1.54) is 0 Å². The van der Waals surface area contributed by atoms with Crippen molar-refractivity contribution in [3.05, 3.63) is 0 Å². The molecule has 0 radical (unpaired) electrons. The molecule has 1 saturated heterocycles. The van der Waals surface area contributed by atoms with Crippen LogP contribution in [0.2, 0.25) is 0 Å². The van der Waals surface area contributed by atoms with Gasteiger partial charge in [0.1, 0.15) is 0 Å². The van der Waals surface area contributed by atoms with Gasteiger partial charge in [0.15, 0.2) is 0 Å². The molecule has 0 saturated carbocycles. The fraction of sp³-hybridized carbons (Fsp3) is 0.909. The topological polar surface area (TPSA) is 32.3 Å². The summed E-state index contributed by atoms with van der Waals surface area (Å²) in [5, 5.41) is 3.25. The largest absolute Gasteiger partial charge is 0.328 e. The van der Waals surface area contributed by atoms with E-state index in [9.17, 15) is 4.79 Å². The first kappa shape index (κ1) is 11.5. The van der Waals surface area contributed by atoms with E-state index in [0.29, 0.717) is 12.6 Å². The van der Waals surface area contributed by atoms with E-state index in [-0.39, 0.29) is 17.4 Å². The molecule has 1 amide bonds. The van der Waals surface area contributed by atoms with Gasteiger partial charge in [-0.25, -0.2) is 0 Å². The molecule has 1 aliphatic heterocycles. The number of hydrogen-bond acceptors (Lipinski definition) is 2. The molecule has 1 aliphatic rings. The van der Waals surface area contributed by atoms with Crippen LogP contribution in [0.5, 0.6) is 0 Å². The number of nitrogens with zero attached hydrogens (tertiary/aromatic N) is 1. The van der Waals surface area contributed by atoms with Crippen LogP contribution in [0.3, 0.4) is 0 Å². The minimum absolute atomic E-state index is 0.0253. The van der Waals surface area contributed by atoms with Gasteiger partial charge in [-0.15, -0.1) is 0 Å². The van der Waals surface area contributed by atoms with Crippen LogP contribution in [0.25, 0.3) is 0 Å². The van der Waals surface area contributed by atoms with Crippen LogP contribution in [-0.2, 0) is 4.79 Å². The Hall–Kier alpha value is -0.570. The average molecular weight is 198 g/mol. The van der Waals surface area contributed by atoms with Crippen molar-refractivity contribution in [2.75, 3.05) is 13.2 Å². The molecule has 1 atom stereocenters. The van der Waals surface area contributed by atoms with Gasteiger partial charge in [0.25, 0.3) is 0 Å². The fourth-order valence-electron chi connectivity index (χ4n) is 1.80. The van der Waals surface area contributed by atoms with E-state index in [0.717, 1.165) is 6.54 Å². The van der Waals surface area contributed by atoms with Gasteiger partial charge in [-0.2, -0.15) is 0 Å². The lowest BCUT2D eigenvalue weighted by Gasteiger charge is -2.26. The van der Waals surface area contributed by atoms with E-state index < -0.39 is 0 Å². The van der Waals surface area contributed by atoms with E-state index in [1.54, 1.807) is 0 Å². The summed E-state index contributed by atoms with van der Waals surface area (Å²) in [5.74, 6) is 0.641. The van der Waals surface area contributed by atoms with Crippen LogP contribution >= 0.6 is 0 Å². The second kappa shape index (κ2) is 3.89. The van der Waals surface area contributed by atoms with Crippen molar-refractivity contribution in [2.24, 2.45) is 11.3 Å². The van der Waals surface area contributed by atoms with Crippen molar-refractivity contribution >= 4 is 5.91 Å². The smallest absolute Gasteiger partial charge is 0.241 e. The van der Waals surface area contributed by atoms with Crippen LogP contribution in [-0.4, -0.2) is 30.1 Å². The van der Waals surface area contributed by atoms with Crippen LogP contribution in [0.4, 0.5) is 0 Å². The van der Waals surface area contributed by atoms with Crippen molar-refractivity contribution in [3.8, 4) is 0 Å². The van der Waals surface area contributed by atoms with Crippen molar-refractivity contribution in [3.63, 3.8) is 0 Å². The Morgan fingerprint density at radius 3 is 2.43 bits per heavy atom. The molecule has 1 rings (SSSR count). The zero-order chi connectivity index (χ0) is 10.9. The fourth-order valence-corrected chi connectivity index (χ4v) is 1.80. The Kier molecular flexibility index (Phi) is 3.20. The lowest BCUT2D eigenvalue weighted by atomic mass is 9.96. The maximum absolute atomic E-state index is 11.9. The summed E-state index contributed by atoms with van der Waals surface area (Å²) < 4.78 is 0. The molecular weight excluding hydrogens is 176 g/mol. The molecule has 3 heteroatoms. The van der Waals surface area contributed by atoms with Gasteiger partial charge in [-0.05, 0) is 11.3 Å². The summed E-state index contributed by atoms with van der Waals surface area (Å²) in [7, 11) is 0. The zero-order valence-electron chi connectivity index (χ0n) is 9.92. The highest BCUT2D eigenvalue weighted by Gasteiger charge is 2.34. The van der Waals surface area contributed by atoms with Crippen LogP contribution in [0.15, 0.2) is 0 Å². The van der Waals surface area contributed by atoms with E-state index >= 15 is 0 Å². The molecule has 1 unspecified atom stereocenters. The summed E-state index contributed by atoms with van der Waals surface area (Å²) in [6.07, 6.45) is 0. The second-order valence-corrected chi connectivity index (χ2v) is 5.68. The molecule has 0 spiro atoms. The molecule has 3 nitrogen and oxygen atoms in total. The van der Waals surface area contributed by atoms with Crippen molar-refractivity contribution in [2.45, 2.75) is 40.7 Å². The third-order valence-corrected chi connectivity index (χ3v) is 2.41. The molecule has 0 aromatic rings. The first-order valence-electron chi connectivity index (χ1n) is 5.33. The first-order chi connectivity index (χ1) is 6.31. The molecule has 1 heterocycles. The lowest BCUT2D eigenvalue weighted by molar-refractivity contribution is -0.130. The molecule has 0 aliphatic carbocycles. The molecule has 1 N–H and O–H groups in total. The predicted octanol–water partition coefficient (Wildman–Crippen LogP) is 1.45. The maximum Gasteiger partial charge on any atom is 0.241 e. The van der Waals surface area contributed by atoms with Gasteiger partial charge in [0, 0.05) is 6.54 Å². The molecule has 0 aromatic heterocycles. The van der Waals surface area contributed by atoms with Crippen LogP contribution < -0.4 is 5.32 Å². The summed E-state index contributed by atoms with van der Waals surface area (Å²) in [6.45, 7) is 12.2. The van der Waals surface area contributed by atoms with E-state index in [1.807, 2.05) is 4.90 Å². The highest BCUT2D eigenvalue weighted by atomic mass is 16.2. The number of carbonyl (C=O) groups excluding carboxylic acids is 1. The first-order valence-corrected chi connectivity index (χ1v) is 5.33. The van der Waals surface area contributed by atoms with Gasteiger partial charge in [0.05, 0.1) is 12.7 Å². The number of rotatable bonds is 2. The van der Waals surface area contributed by atoms with Crippen molar-refractivity contribution < 1.29 is 4.79 Å². The molecule has 0 aromatic carbocycles. The summed E-state index contributed by atoms with van der Waals surface area (Å²) in [5.41, 5.74) is 0.184. The third-order valence-electron chi connectivity index (χ3n) is 2.41. The van der Waals surface area contributed by atoms with Gasteiger partial charge in [-0.1, -0.05) is 34.6 Å². The standard InChI is InChI=1S/C11H22N2O/c1-8(2)9-10(14)13(7-12-9)6-11(3,4)5/h8-9,12H,6-7H2,1-5H3. The number of amides is 1. The highest BCUT2D eigenvalue weighted by molar-refractivity contribution is 5.84. The Morgan fingerprint density at radius 1 is 1.50 bits per heavy atom. The van der Waals surface area contributed by atoms with Gasteiger partial charge in [0.2, 0.25) is 5.91 Å².